The Morgan fingerprint density at radius 3 is 2.47 bits per heavy atom. The minimum absolute atomic E-state index is 0.0669. The van der Waals surface area contributed by atoms with E-state index in [1.165, 1.54) is 4.90 Å². The van der Waals surface area contributed by atoms with Gasteiger partial charge in [0.15, 0.2) is 0 Å². The number of carbonyl (C=O) groups excluding carboxylic acids is 1. The normalized spacial score (nSPS) is 11.8. The molecule has 1 unspecified atom stereocenters. The summed E-state index contributed by atoms with van der Waals surface area (Å²) in [6, 6.07) is 1.39. The summed E-state index contributed by atoms with van der Waals surface area (Å²) in [7, 11) is 3.19. The van der Waals surface area contributed by atoms with Crippen LogP contribution in [-0.4, -0.2) is 42.0 Å². The molecule has 0 aliphatic rings. The highest BCUT2D eigenvalue weighted by Gasteiger charge is 2.18. The van der Waals surface area contributed by atoms with E-state index in [1.54, 1.807) is 21.0 Å². The summed E-state index contributed by atoms with van der Waals surface area (Å²) < 4.78 is 13.5. The molecule has 0 spiro atoms. The van der Waals surface area contributed by atoms with E-state index < -0.39 is 23.4 Å². The first-order chi connectivity index (χ1) is 8.73. The summed E-state index contributed by atoms with van der Waals surface area (Å²) in [6.07, 6.45) is 0. The zero-order chi connectivity index (χ0) is 14.7. The van der Waals surface area contributed by atoms with Crippen molar-refractivity contribution in [2.75, 3.05) is 25.1 Å². The standard InChI is InChI=1S/C12H16FN3O3/c1-6(11(17)16(2)3)15-10-5-8(13)7(12(18)19)4-9(10)14/h4-6,15H,14H2,1-3H3,(H,18,19). The summed E-state index contributed by atoms with van der Waals surface area (Å²) in [5.74, 6) is -2.51. The largest absolute Gasteiger partial charge is 0.478 e. The van der Waals surface area contributed by atoms with Gasteiger partial charge in [0.1, 0.15) is 11.9 Å². The predicted molar refractivity (Wildman–Crippen MR) is 69.6 cm³/mol. The molecule has 1 aromatic rings. The van der Waals surface area contributed by atoms with Gasteiger partial charge in [0, 0.05) is 14.1 Å². The number of carbonyl (C=O) groups is 2. The smallest absolute Gasteiger partial charge is 0.338 e. The van der Waals surface area contributed by atoms with E-state index in [0.29, 0.717) is 0 Å². The van der Waals surface area contributed by atoms with Gasteiger partial charge < -0.3 is 21.1 Å². The Bertz CT molecular complexity index is 517. The number of nitrogens with one attached hydrogen (secondary N) is 1. The molecule has 1 aromatic carbocycles. The van der Waals surface area contributed by atoms with Gasteiger partial charge in [-0.15, -0.1) is 0 Å². The number of benzene rings is 1. The molecule has 4 N–H and O–H groups in total. The van der Waals surface area contributed by atoms with Crippen LogP contribution in [-0.2, 0) is 4.79 Å². The summed E-state index contributed by atoms with van der Waals surface area (Å²) in [5, 5.41) is 11.5. The van der Waals surface area contributed by atoms with Crippen molar-refractivity contribution < 1.29 is 19.1 Å². The highest BCUT2D eigenvalue weighted by Crippen LogP contribution is 2.24. The lowest BCUT2D eigenvalue weighted by Crippen LogP contribution is -2.36. The maximum atomic E-state index is 13.5. The third-order valence-corrected chi connectivity index (χ3v) is 2.55. The predicted octanol–water partition coefficient (Wildman–Crippen LogP) is 0.995. The SMILES string of the molecule is CC(Nc1cc(F)c(C(=O)O)cc1N)C(=O)N(C)C. The molecule has 0 saturated heterocycles. The lowest BCUT2D eigenvalue weighted by molar-refractivity contribution is -0.129. The fourth-order valence-corrected chi connectivity index (χ4v) is 1.56. The minimum atomic E-state index is -1.40. The molecular formula is C12H16FN3O3. The van der Waals surface area contributed by atoms with Gasteiger partial charge in [-0.3, -0.25) is 4.79 Å². The Hall–Kier alpha value is -2.31. The van der Waals surface area contributed by atoms with E-state index in [4.69, 9.17) is 10.8 Å². The quantitative estimate of drug-likeness (QED) is 0.708. The van der Waals surface area contributed by atoms with Gasteiger partial charge in [0.25, 0.3) is 0 Å². The van der Waals surface area contributed by atoms with Crippen LogP contribution in [0.4, 0.5) is 15.8 Å². The van der Waals surface area contributed by atoms with E-state index >= 15 is 0 Å². The number of halogens is 1. The lowest BCUT2D eigenvalue weighted by Gasteiger charge is -2.20. The molecule has 19 heavy (non-hydrogen) atoms. The van der Waals surface area contributed by atoms with Crippen LogP contribution in [0.15, 0.2) is 12.1 Å². The van der Waals surface area contributed by atoms with Crippen molar-refractivity contribution in [1.29, 1.82) is 0 Å². The number of nitrogen functional groups attached to an aromatic ring is 1. The molecule has 0 aliphatic heterocycles. The van der Waals surface area contributed by atoms with E-state index in [9.17, 15) is 14.0 Å². The van der Waals surface area contributed by atoms with Crippen LogP contribution < -0.4 is 11.1 Å². The van der Waals surface area contributed by atoms with Gasteiger partial charge in [-0.25, -0.2) is 9.18 Å². The number of amides is 1. The van der Waals surface area contributed by atoms with Crippen LogP contribution in [0.25, 0.3) is 0 Å². The molecule has 0 aliphatic carbocycles. The Kier molecular flexibility index (Phi) is 4.31. The molecule has 7 heteroatoms. The minimum Gasteiger partial charge on any atom is -0.478 e. The van der Waals surface area contributed by atoms with Gasteiger partial charge in [-0.1, -0.05) is 0 Å². The number of anilines is 2. The highest BCUT2D eigenvalue weighted by molar-refractivity contribution is 5.91. The van der Waals surface area contributed by atoms with E-state index in [1.807, 2.05) is 0 Å². The molecule has 0 heterocycles. The number of nitrogens with zero attached hydrogens (tertiary/aromatic N) is 1. The first-order valence-electron chi connectivity index (χ1n) is 5.54. The van der Waals surface area contributed by atoms with E-state index in [0.717, 1.165) is 12.1 Å². The molecule has 6 nitrogen and oxygen atoms in total. The lowest BCUT2D eigenvalue weighted by atomic mass is 10.1. The van der Waals surface area contributed by atoms with Gasteiger partial charge >= 0.3 is 5.97 Å². The molecule has 0 fully saturated rings. The molecule has 0 aromatic heterocycles. The monoisotopic (exact) mass is 269 g/mol. The van der Waals surface area contributed by atoms with Crippen molar-refractivity contribution in [3.8, 4) is 0 Å². The van der Waals surface area contributed by atoms with Crippen LogP contribution in [0, 0.1) is 5.82 Å². The number of rotatable bonds is 4. The van der Waals surface area contributed by atoms with Gasteiger partial charge in [-0.05, 0) is 19.1 Å². The van der Waals surface area contributed by atoms with Gasteiger partial charge in [0.05, 0.1) is 16.9 Å². The number of hydrogen-bond donors (Lipinski definition) is 3. The van der Waals surface area contributed by atoms with Crippen molar-refractivity contribution in [2.45, 2.75) is 13.0 Å². The van der Waals surface area contributed by atoms with Crippen LogP contribution in [0.3, 0.4) is 0 Å². The summed E-state index contributed by atoms with van der Waals surface area (Å²) >= 11 is 0. The van der Waals surface area contributed by atoms with Crippen LogP contribution in [0.1, 0.15) is 17.3 Å². The van der Waals surface area contributed by atoms with Crippen LogP contribution in [0.5, 0.6) is 0 Å². The maximum absolute atomic E-state index is 13.5. The first kappa shape index (κ1) is 14.7. The van der Waals surface area contributed by atoms with Crippen molar-refractivity contribution >= 4 is 23.3 Å². The Morgan fingerprint density at radius 1 is 1.42 bits per heavy atom. The molecule has 1 rings (SSSR count). The van der Waals surface area contributed by atoms with Crippen molar-refractivity contribution in [1.82, 2.24) is 4.90 Å². The Balaban J connectivity index is 3.00. The zero-order valence-electron chi connectivity index (χ0n) is 10.9. The summed E-state index contributed by atoms with van der Waals surface area (Å²) in [5.41, 5.74) is 5.38. The average molecular weight is 269 g/mol. The van der Waals surface area contributed by atoms with Crippen LogP contribution in [0.2, 0.25) is 0 Å². The second kappa shape index (κ2) is 5.55. The number of aromatic carboxylic acids is 1. The van der Waals surface area contributed by atoms with Crippen LogP contribution >= 0.6 is 0 Å². The molecule has 0 bridgehead atoms. The number of carboxylic acid groups (broad SMARTS) is 1. The summed E-state index contributed by atoms with van der Waals surface area (Å²) in [4.78, 5) is 23.8. The number of carboxylic acids is 1. The fourth-order valence-electron chi connectivity index (χ4n) is 1.56. The second-order valence-electron chi connectivity index (χ2n) is 4.32. The fraction of sp³-hybridized carbons (Fsp3) is 0.333. The number of likely N-dealkylation sites (N-methyl/N-ethyl adjacent to an activating group) is 1. The Labute approximate surface area is 110 Å². The molecule has 0 radical (unpaired) electrons. The molecular weight excluding hydrogens is 253 g/mol. The maximum Gasteiger partial charge on any atom is 0.338 e. The number of nitrogens with two attached hydrogens (primary N) is 1. The topological polar surface area (TPSA) is 95.7 Å². The first-order valence-corrected chi connectivity index (χ1v) is 5.54. The van der Waals surface area contributed by atoms with Gasteiger partial charge in [-0.2, -0.15) is 0 Å². The molecule has 1 amide bonds. The van der Waals surface area contributed by atoms with E-state index in [-0.39, 0.29) is 17.3 Å². The molecule has 104 valence electrons. The van der Waals surface area contributed by atoms with E-state index in [2.05, 4.69) is 5.32 Å². The number of hydrogen-bond acceptors (Lipinski definition) is 4. The average Bonchev–Trinajstić information content (AvgIpc) is 2.31. The molecule has 0 saturated carbocycles. The zero-order valence-corrected chi connectivity index (χ0v) is 10.9. The third kappa shape index (κ3) is 3.34. The molecule has 1 atom stereocenters. The van der Waals surface area contributed by atoms with Crippen molar-refractivity contribution in [2.24, 2.45) is 0 Å². The third-order valence-electron chi connectivity index (χ3n) is 2.55. The van der Waals surface area contributed by atoms with Crippen molar-refractivity contribution in [3.63, 3.8) is 0 Å². The van der Waals surface area contributed by atoms with Gasteiger partial charge in [0.2, 0.25) is 5.91 Å². The summed E-state index contributed by atoms with van der Waals surface area (Å²) in [6.45, 7) is 1.60. The Morgan fingerprint density at radius 2 is 2.00 bits per heavy atom. The second-order valence-corrected chi connectivity index (χ2v) is 4.32. The van der Waals surface area contributed by atoms with Crippen molar-refractivity contribution in [3.05, 3.63) is 23.5 Å². The highest BCUT2D eigenvalue weighted by atomic mass is 19.1.